The molecule has 1 amide bonds. The molecule has 92 valence electrons. The molecule has 0 saturated heterocycles. The standard InChI is InChI=1S/C14H14N2O2/c1-9-6-7-13(11(15)8-9)18-12-5-3-2-4-10(12)14(16)17/h2-8H,15H2,1H3,(H2,16,17). The molecule has 2 rings (SSSR count). The van der Waals surface area contributed by atoms with Crippen LogP contribution in [0.3, 0.4) is 0 Å². The topological polar surface area (TPSA) is 78.3 Å². The quantitative estimate of drug-likeness (QED) is 0.811. The number of amides is 1. The summed E-state index contributed by atoms with van der Waals surface area (Å²) in [5, 5.41) is 0. The number of para-hydroxylation sites is 1. The third-order valence-electron chi connectivity index (χ3n) is 2.54. The molecule has 2 aromatic rings. The van der Waals surface area contributed by atoms with Gasteiger partial charge in [-0.15, -0.1) is 0 Å². The summed E-state index contributed by atoms with van der Waals surface area (Å²) in [4.78, 5) is 11.3. The Morgan fingerprint density at radius 3 is 2.50 bits per heavy atom. The minimum atomic E-state index is -0.531. The van der Waals surface area contributed by atoms with Crippen molar-refractivity contribution in [3.63, 3.8) is 0 Å². The van der Waals surface area contributed by atoms with Crippen LogP contribution in [0.5, 0.6) is 11.5 Å². The Hall–Kier alpha value is -2.49. The number of carbonyl (C=O) groups is 1. The van der Waals surface area contributed by atoms with E-state index in [1.165, 1.54) is 0 Å². The summed E-state index contributed by atoms with van der Waals surface area (Å²) in [5.74, 6) is 0.381. The first-order chi connectivity index (χ1) is 8.58. The molecule has 0 bridgehead atoms. The van der Waals surface area contributed by atoms with Gasteiger partial charge in [0, 0.05) is 0 Å². The van der Waals surface area contributed by atoms with Crippen molar-refractivity contribution in [3.8, 4) is 11.5 Å². The number of benzene rings is 2. The van der Waals surface area contributed by atoms with E-state index >= 15 is 0 Å². The SMILES string of the molecule is Cc1ccc(Oc2ccccc2C(N)=O)c(N)c1. The molecule has 0 aliphatic carbocycles. The predicted molar refractivity (Wildman–Crippen MR) is 70.6 cm³/mol. The van der Waals surface area contributed by atoms with Crippen molar-refractivity contribution in [2.75, 3.05) is 5.73 Å². The lowest BCUT2D eigenvalue weighted by Crippen LogP contribution is -2.12. The normalized spacial score (nSPS) is 10.1. The zero-order chi connectivity index (χ0) is 13.1. The largest absolute Gasteiger partial charge is 0.454 e. The number of hydrogen-bond donors (Lipinski definition) is 2. The Bertz CT molecular complexity index is 594. The fourth-order valence-electron chi connectivity index (χ4n) is 1.64. The number of ether oxygens (including phenoxy) is 1. The third-order valence-corrected chi connectivity index (χ3v) is 2.54. The Kier molecular flexibility index (Phi) is 3.19. The number of aryl methyl sites for hydroxylation is 1. The number of hydrogen-bond acceptors (Lipinski definition) is 3. The number of nitrogen functional groups attached to an aromatic ring is 1. The second-order valence-corrected chi connectivity index (χ2v) is 4.00. The highest BCUT2D eigenvalue weighted by Crippen LogP contribution is 2.30. The van der Waals surface area contributed by atoms with Crippen LogP contribution < -0.4 is 16.2 Å². The molecule has 0 aliphatic heterocycles. The molecule has 0 unspecified atom stereocenters. The molecule has 4 nitrogen and oxygen atoms in total. The average Bonchev–Trinajstić information content (AvgIpc) is 2.33. The van der Waals surface area contributed by atoms with E-state index in [2.05, 4.69) is 0 Å². The average molecular weight is 242 g/mol. The molecule has 0 heterocycles. The smallest absolute Gasteiger partial charge is 0.252 e. The zero-order valence-electron chi connectivity index (χ0n) is 10.0. The van der Waals surface area contributed by atoms with Crippen molar-refractivity contribution in [1.82, 2.24) is 0 Å². The highest BCUT2D eigenvalue weighted by molar-refractivity contribution is 5.95. The maximum absolute atomic E-state index is 11.3. The van der Waals surface area contributed by atoms with Crippen molar-refractivity contribution in [2.24, 2.45) is 5.73 Å². The van der Waals surface area contributed by atoms with Crippen LogP contribution in [0, 0.1) is 6.92 Å². The van der Waals surface area contributed by atoms with Crippen molar-refractivity contribution < 1.29 is 9.53 Å². The molecular weight excluding hydrogens is 228 g/mol. The summed E-state index contributed by atoms with van der Waals surface area (Å²) in [6.07, 6.45) is 0. The molecule has 2 aromatic carbocycles. The summed E-state index contributed by atoms with van der Waals surface area (Å²) in [6, 6.07) is 12.3. The van der Waals surface area contributed by atoms with Gasteiger partial charge in [-0.05, 0) is 36.8 Å². The number of primary amides is 1. The summed E-state index contributed by atoms with van der Waals surface area (Å²) < 4.78 is 5.63. The van der Waals surface area contributed by atoms with Crippen LogP contribution in [0.15, 0.2) is 42.5 Å². The van der Waals surface area contributed by atoms with E-state index in [-0.39, 0.29) is 0 Å². The molecule has 18 heavy (non-hydrogen) atoms. The minimum Gasteiger partial charge on any atom is -0.454 e. The lowest BCUT2D eigenvalue weighted by Gasteiger charge is -2.11. The van der Waals surface area contributed by atoms with Crippen molar-refractivity contribution in [1.29, 1.82) is 0 Å². The van der Waals surface area contributed by atoms with Gasteiger partial charge in [0.2, 0.25) is 0 Å². The van der Waals surface area contributed by atoms with E-state index in [0.29, 0.717) is 22.7 Å². The van der Waals surface area contributed by atoms with E-state index in [1.807, 2.05) is 19.1 Å². The summed E-state index contributed by atoms with van der Waals surface area (Å²) in [6.45, 7) is 1.94. The first-order valence-electron chi connectivity index (χ1n) is 5.51. The maximum atomic E-state index is 11.3. The maximum Gasteiger partial charge on any atom is 0.252 e. The third kappa shape index (κ3) is 2.43. The predicted octanol–water partition coefficient (Wildman–Crippen LogP) is 2.47. The van der Waals surface area contributed by atoms with Gasteiger partial charge in [0.05, 0.1) is 11.3 Å². The van der Waals surface area contributed by atoms with Crippen LogP contribution >= 0.6 is 0 Å². The van der Waals surface area contributed by atoms with Crippen LogP contribution in [-0.4, -0.2) is 5.91 Å². The fraction of sp³-hybridized carbons (Fsp3) is 0.0714. The number of anilines is 1. The second kappa shape index (κ2) is 4.79. The highest BCUT2D eigenvalue weighted by atomic mass is 16.5. The fourth-order valence-corrected chi connectivity index (χ4v) is 1.64. The van der Waals surface area contributed by atoms with Crippen molar-refractivity contribution >= 4 is 11.6 Å². The van der Waals surface area contributed by atoms with Gasteiger partial charge in [-0.3, -0.25) is 4.79 Å². The lowest BCUT2D eigenvalue weighted by molar-refractivity contribution is 0.0998. The first-order valence-corrected chi connectivity index (χ1v) is 5.51. The first kappa shape index (κ1) is 12.0. The molecule has 0 saturated carbocycles. The van der Waals surface area contributed by atoms with Gasteiger partial charge in [-0.25, -0.2) is 0 Å². The number of rotatable bonds is 3. The lowest BCUT2D eigenvalue weighted by atomic mass is 10.2. The van der Waals surface area contributed by atoms with Gasteiger partial charge < -0.3 is 16.2 Å². The zero-order valence-corrected chi connectivity index (χ0v) is 10.0. The molecule has 0 radical (unpaired) electrons. The monoisotopic (exact) mass is 242 g/mol. The number of carbonyl (C=O) groups excluding carboxylic acids is 1. The van der Waals surface area contributed by atoms with E-state index < -0.39 is 5.91 Å². The van der Waals surface area contributed by atoms with Gasteiger partial charge in [0.15, 0.2) is 0 Å². The molecule has 4 heteroatoms. The van der Waals surface area contributed by atoms with Gasteiger partial charge in [0.1, 0.15) is 11.5 Å². The van der Waals surface area contributed by atoms with Crippen LogP contribution in [0.1, 0.15) is 15.9 Å². The van der Waals surface area contributed by atoms with E-state index in [9.17, 15) is 4.79 Å². The van der Waals surface area contributed by atoms with Gasteiger partial charge in [-0.2, -0.15) is 0 Å². The van der Waals surface area contributed by atoms with Gasteiger partial charge in [-0.1, -0.05) is 18.2 Å². The van der Waals surface area contributed by atoms with Crippen LogP contribution in [-0.2, 0) is 0 Å². The molecule has 0 aliphatic rings. The van der Waals surface area contributed by atoms with Gasteiger partial charge in [0.25, 0.3) is 5.91 Å². The minimum absolute atomic E-state index is 0.331. The summed E-state index contributed by atoms with van der Waals surface area (Å²) in [5.41, 5.74) is 13.0. The van der Waals surface area contributed by atoms with E-state index in [4.69, 9.17) is 16.2 Å². The summed E-state index contributed by atoms with van der Waals surface area (Å²) in [7, 11) is 0. The Morgan fingerprint density at radius 2 is 1.83 bits per heavy atom. The van der Waals surface area contributed by atoms with Crippen LogP contribution in [0.2, 0.25) is 0 Å². The highest BCUT2D eigenvalue weighted by Gasteiger charge is 2.10. The summed E-state index contributed by atoms with van der Waals surface area (Å²) >= 11 is 0. The molecule has 0 aromatic heterocycles. The van der Waals surface area contributed by atoms with Crippen LogP contribution in [0.25, 0.3) is 0 Å². The molecule has 0 spiro atoms. The van der Waals surface area contributed by atoms with E-state index in [1.54, 1.807) is 30.3 Å². The number of nitrogens with two attached hydrogens (primary N) is 2. The molecule has 0 atom stereocenters. The Labute approximate surface area is 105 Å². The van der Waals surface area contributed by atoms with Crippen molar-refractivity contribution in [2.45, 2.75) is 6.92 Å². The van der Waals surface area contributed by atoms with E-state index in [0.717, 1.165) is 5.56 Å². The van der Waals surface area contributed by atoms with Crippen LogP contribution in [0.4, 0.5) is 5.69 Å². The van der Waals surface area contributed by atoms with Crippen molar-refractivity contribution in [3.05, 3.63) is 53.6 Å². The molecular formula is C14H14N2O2. The molecule has 4 N–H and O–H groups in total. The molecule has 0 fully saturated rings. The van der Waals surface area contributed by atoms with Gasteiger partial charge >= 0.3 is 0 Å². The second-order valence-electron chi connectivity index (χ2n) is 4.00. The Morgan fingerprint density at radius 1 is 1.11 bits per heavy atom. The Balaban J connectivity index is 2.37.